The number of aliphatic hydroxyl groups is 10. The number of carboxylic acid groups (broad SMARTS) is 3. The number of amides is 3. The molecular weight excluding hydrogens is 1270 g/mol. The van der Waals surface area contributed by atoms with E-state index in [1.807, 2.05) is 49.4 Å². The molecule has 93 heavy (non-hydrogen) atoms. The van der Waals surface area contributed by atoms with Crippen molar-refractivity contribution in [2.75, 3.05) is 23.4 Å². The Morgan fingerprint density at radius 1 is 0.785 bits per heavy atom. The maximum absolute atomic E-state index is 12.3. The number of aliphatic carboxylic acids is 3. The molecule has 7 atom stereocenters. The van der Waals surface area contributed by atoms with Crippen LogP contribution in [0.1, 0.15) is 65.7 Å². The lowest BCUT2D eigenvalue weighted by atomic mass is 9.85. The molecule has 10 rings (SSSR count). The topological polar surface area (TPSA) is 587 Å². The number of nitrogens with one attached hydrogen (secondary N) is 7. The molecule has 5 aliphatic heterocycles. The molecule has 0 unspecified atom stereocenters. The van der Waals surface area contributed by atoms with Gasteiger partial charge >= 0.3 is 35.2 Å². The highest BCUT2D eigenvalue weighted by atomic mass is 32.2. The van der Waals surface area contributed by atoms with E-state index in [4.69, 9.17) is 56.8 Å². The monoisotopic (exact) mass is 1340 g/mol. The van der Waals surface area contributed by atoms with Gasteiger partial charge in [0.1, 0.15) is 61.0 Å². The Bertz CT molecular complexity index is 3720. The van der Waals surface area contributed by atoms with Gasteiger partial charge in [0.05, 0.1) is 54.7 Å². The molecule has 37 heteroatoms. The SMILES string of the molecule is C1=CNSC=C1.Cc1cc2nc3c(=O)[nH]c(=O)nc-3n(C[C@H](O)[C@H](O)[C@H](O)CO)c2cc1C.Nc1nc(=O)c2nc(CNc3ccc(C(=O)N[C@@H](CCC(=O)O)C(=O)O)cc3)cnc2[nH]1.O=C(O)CCCC[C@@H]1SC[C@@H]2NC(=O)N[C@@H]21.O[C@H]1[C@H](O)[C@@H](O)[C@H](O)[C@@H](O)[C@H]1O. The molecule has 4 aromatic rings. The molecule has 2 aromatic carbocycles. The van der Waals surface area contributed by atoms with Gasteiger partial charge in [0.25, 0.3) is 11.5 Å². The second-order valence-electron chi connectivity index (χ2n) is 21.3. The van der Waals surface area contributed by atoms with Crippen LogP contribution >= 0.6 is 23.7 Å². The van der Waals surface area contributed by atoms with Crippen LogP contribution in [0.25, 0.3) is 33.7 Å². The van der Waals surface area contributed by atoms with Crippen LogP contribution in [0.4, 0.5) is 16.4 Å². The van der Waals surface area contributed by atoms with E-state index in [0.29, 0.717) is 27.7 Å². The highest BCUT2D eigenvalue weighted by Crippen LogP contribution is 2.33. The third-order valence-electron chi connectivity index (χ3n) is 14.6. The molecule has 0 bridgehead atoms. The van der Waals surface area contributed by atoms with Crippen molar-refractivity contribution in [3.63, 3.8) is 0 Å². The molecule has 0 radical (unpaired) electrons. The lowest BCUT2D eigenvalue weighted by Gasteiger charge is -2.39. The number of hydrogen-bond acceptors (Lipinski definition) is 28. The summed E-state index contributed by atoms with van der Waals surface area (Å²) in [4.78, 5) is 116. The third kappa shape index (κ3) is 20.4. The fourth-order valence-corrected chi connectivity index (χ4v) is 11.3. The molecule has 504 valence electrons. The smallest absolute Gasteiger partial charge is 0.349 e. The van der Waals surface area contributed by atoms with E-state index in [1.54, 1.807) is 36.2 Å². The molecule has 2 aromatic heterocycles. The van der Waals surface area contributed by atoms with Gasteiger partial charge in [-0.1, -0.05) is 12.5 Å². The van der Waals surface area contributed by atoms with Crippen molar-refractivity contribution in [3.8, 4) is 11.5 Å². The number of fused-ring (bicyclic) bond motifs is 4. The largest absolute Gasteiger partial charge is 0.481 e. The third-order valence-corrected chi connectivity index (χ3v) is 16.7. The van der Waals surface area contributed by atoms with Crippen LogP contribution < -0.4 is 48.5 Å². The molecule has 1 saturated carbocycles. The molecule has 6 aliphatic rings. The first-order chi connectivity index (χ1) is 44.1. The number of nitrogen functional groups attached to an aromatic ring is 1. The fraction of sp³-hybridized carbons (Fsp3) is 0.446. The molecule has 3 fully saturated rings. The van der Waals surface area contributed by atoms with E-state index in [-0.39, 0.29) is 84.7 Å². The molecule has 7 heterocycles. The number of aromatic amines is 2. The first-order valence-corrected chi connectivity index (χ1v) is 30.4. The van der Waals surface area contributed by atoms with Crippen LogP contribution in [0.2, 0.25) is 0 Å². The average molecular weight is 1340 g/mol. The van der Waals surface area contributed by atoms with Crippen LogP contribution in [0.3, 0.4) is 0 Å². The molecule has 22 N–H and O–H groups in total. The summed E-state index contributed by atoms with van der Waals surface area (Å²) in [6.45, 7) is 2.96. The van der Waals surface area contributed by atoms with E-state index in [0.717, 1.165) is 36.1 Å². The predicted molar refractivity (Wildman–Crippen MR) is 334 cm³/mol. The number of hydrogen-bond donors (Lipinski definition) is 21. The number of thioether (sulfide) groups is 1. The summed E-state index contributed by atoms with van der Waals surface area (Å²) in [6.07, 6.45) is -4.95. The van der Waals surface area contributed by atoms with Gasteiger partial charge in [-0.15, -0.1) is 0 Å². The number of aryl methyl sites for hydroxylation is 2. The Balaban J connectivity index is 0.000000201. The van der Waals surface area contributed by atoms with Crippen molar-refractivity contribution in [3.05, 3.63) is 120 Å². The van der Waals surface area contributed by atoms with Crippen molar-refractivity contribution in [1.82, 2.24) is 60.1 Å². The molecule has 0 spiro atoms. The van der Waals surface area contributed by atoms with Crippen molar-refractivity contribution >= 4 is 87.4 Å². The maximum Gasteiger partial charge on any atom is 0.349 e. The van der Waals surface area contributed by atoms with Crippen molar-refractivity contribution in [2.45, 2.75) is 144 Å². The quantitative estimate of drug-likeness (QED) is 0.0162. The minimum absolute atomic E-state index is 0.0516. The minimum atomic E-state index is -1.64. The number of anilines is 2. The number of allylic oxidation sites excluding steroid dienone is 2. The van der Waals surface area contributed by atoms with Gasteiger partial charge in [-0.05, 0) is 104 Å². The lowest BCUT2D eigenvalue weighted by molar-refractivity contribution is -0.223. The summed E-state index contributed by atoms with van der Waals surface area (Å²) < 4.78 is 4.34. The van der Waals surface area contributed by atoms with E-state index >= 15 is 0 Å². The number of rotatable bonds is 19. The number of urea groups is 1. The van der Waals surface area contributed by atoms with E-state index < -0.39 is 108 Å². The van der Waals surface area contributed by atoms with Gasteiger partial charge in [0.15, 0.2) is 22.7 Å². The van der Waals surface area contributed by atoms with E-state index in [2.05, 4.69) is 60.9 Å². The second kappa shape index (κ2) is 34.3. The summed E-state index contributed by atoms with van der Waals surface area (Å²) in [5, 5.41) is 133. The van der Waals surface area contributed by atoms with Crippen molar-refractivity contribution in [2.24, 2.45) is 0 Å². The molecule has 2 saturated heterocycles. The molecule has 3 amide bonds. The number of aromatic nitrogens is 8. The molecule has 1 aliphatic carbocycles. The number of carbonyl (C=O) groups excluding carboxylic acids is 2. The van der Waals surface area contributed by atoms with Gasteiger partial charge < -0.3 is 108 Å². The number of nitrogens with two attached hydrogens (primary N) is 1. The van der Waals surface area contributed by atoms with Crippen molar-refractivity contribution < 1.29 is 90.4 Å². The number of carboxylic acids is 3. The second-order valence-corrected chi connectivity index (χ2v) is 23.4. The van der Waals surface area contributed by atoms with E-state index in [1.165, 1.54) is 22.9 Å². The van der Waals surface area contributed by atoms with Gasteiger partial charge in [0.2, 0.25) is 5.95 Å². The molecular formula is C56H72N14O21S2. The highest BCUT2D eigenvalue weighted by molar-refractivity contribution is 8.00. The number of benzene rings is 2. The Kier molecular flexibility index (Phi) is 27.0. The zero-order chi connectivity index (χ0) is 68.4. The van der Waals surface area contributed by atoms with Gasteiger partial charge in [-0.3, -0.25) is 29.0 Å². The lowest BCUT2D eigenvalue weighted by Crippen LogP contribution is -2.63. The van der Waals surface area contributed by atoms with Crippen LogP contribution in [0, 0.1) is 13.8 Å². The predicted octanol–water partition coefficient (Wildman–Crippen LogP) is -3.54. The van der Waals surface area contributed by atoms with Gasteiger partial charge in [0, 0.05) is 41.3 Å². The number of nitrogens with zero attached hydrogens (tertiary/aromatic N) is 6. The van der Waals surface area contributed by atoms with Gasteiger partial charge in [-0.2, -0.15) is 21.7 Å². The van der Waals surface area contributed by atoms with Crippen LogP contribution in [0.5, 0.6) is 0 Å². The van der Waals surface area contributed by atoms with E-state index in [9.17, 15) is 53.7 Å². The summed E-state index contributed by atoms with van der Waals surface area (Å²) in [5.41, 5.74) is 7.58. The first-order valence-electron chi connectivity index (χ1n) is 28.5. The summed E-state index contributed by atoms with van der Waals surface area (Å²) in [6, 6.07) is 8.83. The Morgan fingerprint density at radius 3 is 2.00 bits per heavy atom. The van der Waals surface area contributed by atoms with Crippen molar-refractivity contribution in [1.29, 1.82) is 0 Å². The summed E-state index contributed by atoms with van der Waals surface area (Å²) in [7, 11) is 0. The average Bonchev–Trinajstić information content (AvgIpc) is 1.46. The number of carbonyl (C=O) groups is 5. The normalized spacial score (nSPS) is 22.2. The molecule has 35 nitrogen and oxygen atoms in total. The number of aliphatic hydroxyl groups excluding tert-OH is 10. The summed E-state index contributed by atoms with van der Waals surface area (Å²) >= 11 is 3.45. The minimum Gasteiger partial charge on any atom is -0.481 e. The number of unbranched alkanes of at least 4 members (excludes halogenated alkanes) is 1. The standard InChI is InChI=1S/C19H19N7O6.C17H20N4O6.C10H16N2O3S.C6H12O6.C4H5NS/c20-19-25-15-14(17(30)26-19)23-11(8-22-15)7-21-10-3-1-9(2-4-10)16(29)24-12(18(31)32)5-6-13(27)28;1-7-3-9-10(4-8(7)2)21(5-11(23)14(25)12(24)6-22)15-13(18-9)16(26)20-17(27)19-15;13-8(14)4-2-1-3-7-9-6(5-16-7)11-10(15)12-9;7-1-2(8)4(10)6(12)5(11)3(1)9;1-2-4-6-5-3-1/h1-4,8,12,21H,5-7H2,(H,24,29)(H,27,28)(H,31,32)(H3,20,22,25,26,30);3-4,11-12,14,22-25H,5-6H2,1-2H3,(H,20,26,27);6-7,9H,1-5H2,(H,13,14)(H2,11,12,15);1-12H;1-5H/t12-;11-,12+,14-;6-,7-,9-;1-,2-,3-,4+,5-,6-;/m000../s1. The highest BCUT2D eigenvalue weighted by Gasteiger charge is 2.47. The first kappa shape index (κ1) is 73.3. The summed E-state index contributed by atoms with van der Waals surface area (Å²) in [5.74, 6) is -2.97. The van der Waals surface area contributed by atoms with Crippen LogP contribution in [-0.2, 0) is 27.5 Å². The van der Waals surface area contributed by atoms with Gasteiger partial charge in [-0.25, -0.2) is 29.3 Å². The van der Waals surface area contributed by atoms with Crippen LogP contribution in [-0.4, -0.2) is 226 Å². The zero-order valence-electron chi connectivity index (χ0n) is 49.6. The van der Waals surface area contributed by atoms with Crippen LogP contribution in [0.15, 0.2) is 80.7 Å². The number of H-pyrrole nitrogens is 2. The Hall–Kier alpha value is -8.73. The fourth-order valence-electron chi connectivity index (χ4n) is 9.39. The zero-order valence-corrected chi connectivity index (χ0v) is 51.2. The Morgan fingerprint density at radius 2 is 1.43 bits per heavy atom. The maximum atomic E-state index is 12.3. The Labute approximate surface area is 534 Å².